The number of nitrogens with zero attached hydrogens (tertiary/aromatic N) is 2. The quantitative estimate of drug-likeness (QED) is 0.0500. The predicted molar refractivity (Wildman–Crippen MR) is 149 cm³/mol. The van der Waals surface area contributed by atoms with Crippen molar-refractivity contribution in [2.75, 3.05) is 18.0 Å². The molecule has 0 N–H and O–H groups in total. The van der Waals surface area contributed by atoms with Crippen molar-refractivity contribution in [2.45, 2.75) is 61.2 Å². The first-order valence-electron chi connectivity index (χ1n) is 13.2. The number of carboxylic acid groups (broad SMARTS) is 2. The van der Waals surface area contributed by atoms with Gasteiger partial charge in [0.2, 0.25) is 5.69 Å². The molecule has 0 saturated heterocycles. The summed E-state index contributed by atoms with van der Waals surface area (Å²) in [6.45, 7) is 7.78. The number of carboxylic acids is 2. The number of carbonyl (C=O) groups is 2. The van der Waals surface area contributed by atoms with Crippen molar-refractivity contribution in [3.05, 3.63) is 71.5 Å². The van der Waals surface area contributed by atoms with Gasteiger partial charge in [0.25, 0.3) is 0 Å². The summed E-state index contributed by atoms with van der Waals surface area (Å²) in [4.78, 5) is 24.7. The molecular weight excluding hydrogens is 718 g/mol. The molecule has 2 aliphatic heterocycles. The van der Waals surface area contributed by atoms with E-state index in [4.69, 9.17) is 0 Å². The Kier molecular flexibility index (Phi) is 18.5. The first kappa shape index (κ1) is 45.4. The second-order valence-electron chi connectivity index (χ2n) is 11.1. The zero-order valence-electron chi connectivity index (χ0n) is 26.8. The minimum atomic E-state index is -4.72. The number of benzene rings is 2. The molecule has 0 aromatic heterocycles. The monoisotopic (exact) mass is 746 g/mol. The van der Waals surface area contributed by atoms with Crippen molar-refractivity contribution in [1.29, 1.82) is 0 Å². The fraction of sp³-hybridized carbons (Fsp3) is 0.345. The Morgan fingerprint density at radius 1 is 0.957 bits per heavy atom. The van der Waals surface area contributed by atoms with Crippen LogP contribution in [0.15, 0.2) is 70.1 Å². The molecule has 0 unspecified atom stereocenters. The number of aliphatic carboxylic acids is 2. The molecule has 230 valence electrons. The van der Waals surface area contributed by atoms with Gasteiger partial charge in [-0.2, -0.15) is 8.91 Å². The van der Waals surface area contributed by atoms with E-state index in [1.807, 2.05) is 44.4 Å². The minimum absolute atomic E-state index is 0. The number of fused-ring (bicyclic) bond motifs is 2. The van der Waals surface area contributed by atoms with Gasteiger partial charge in [-0.1, -0.05) is 19.9 Å². The smallest absolute Gasteiger partial charge is 0.744 e. The summed E-state index contributed by atoms with van der Waals surface area (Å²) in [5.74, 6) is -2.47. The number of carbonyl (C=O) groups excluding carboxylic acids is 2. The van der Waals surface area contributed by atoms with E-state index in [-0.39, 0.29) is 185 Å². The average Bonchev–Trinajstić information content (AvgIpc) is 3.27. The largest absolute Gasteiger partial charge is 1.00 e. The van der Waals surface area contributed by atoms with Crippen LogP contribution in [0.2, 0.25) is 0 Å². The molecule has 0 saturated carbocycles. The summed E-state index contributed by atoms with van der Waals surface area (Å²) in [7, 11) is -4.72. The second-order valence-corrected chi connectivity index (χ2v) is 13.3. The second kappa shape index (κ2) is 18.7. The Hall–Kier alpha value is 1.38. The molecule has 2 aromatic carbocycles. The summed E-state index contributed by atoms with van der Waals surface area (Å²) in [6.07, 6.45) is 4.84. The van der Waals surface area contributed by atoms with E-state index in [2.05, 4.69) is 9.37 Å². The van der Waals surface area contributed by atoms with E-state index in [0.29, 0.717) is 21.8 Å². The molecule has 0 radical (unpaired) electrons. The van der Waals surface area contributed by atoms with Crippen molar-refractivity contribution < 1.29 is 206 Å². The van der Waals surface area contributed by atoms with Crippen LogP contribution >= 0.6 is 12.0 Å². The third kappa shape index (κ3) is 10.2. The first-order chi connectivity index (χ1) is 20.1. The number of rotatable bonds is 12. The normalized spacial score (nSPS) is 16.8. The molecule has 0 aliphatic carbocycles. The van der Waals surface area contributed by atoms with Gasteiger partial charge in [0.1, 0.15) is 10.1 Å². The molecule has 0 fully saturated rings. The van der Waals surface area contributed by atoms with Crippen molar-refractivity contribution >= 4 is 51.2 Å². The molecule has 2 aromatic rings. The number of hydrogen-bond acceptors (Lipinski definition) is 12. The Morgan fingerprint density at radius 2 is 1.61 bits per heavy atom. The van der Waals surface area contributed by atoms with Crippen LogP contribution < -0.4 is 175 Å². The molecule has 0 amide bonds. The summed E-state index contributed by atoms with van der Waals surface area (Å²) < 4.78 is 41.5. The Balaban J connectivity index is 0.00000353. The third-order valence-corrected chi connectivity index (χ3v) is 9.16. The van der Waals surface area contributed by atoms with E-state index in [9.17, 15) is 38.0 Å². The zero-order chi connectivity index (χ0) is 31.7. The number of hydrogen-bond donors (Lipinski definition) is 0. The summed E-state index contributed by atoms with van der Waals surface area (Å²) in [6, 6.07) is 9.34. The standard InChI is InChI=1S/C29H32N2O10S2.3K/c1-28(2)20-16-18(42-41-40-36)8-10-22(20)30(14-12-26(32)33)24(28)6-5-7-25-29(3,4)21-17-19(43(37,38)39)9-11-23(21)31(25)15-13-27(34)35;;;/h5-11,16-17H,12-15H2,1-4H3,(H3-,32,33,34,35,36,37,38,39);;;/q;3*+1/p-3. The molecule has 46 heavy (non-hydrogen) atoms. The van der Waals surface area contributed by atoms with E-state index in [0.717, 1.165) is 29.0 Å². The molecule has 0 atom stereocenters. The fourth-order valence-electron chi connectivity index (χ4n) is 5.69. The SMILES string of the molecule is CC1(C)C(C=C/C=C2/N(CCC(=O)[O-])c3ccc(S(=O)(=O)[O-])cc3C2(C)C)=[N+](CCC(=O)[O-])c2ccc(SOO[O-])cc21.[K+].[K+].[K+]. The molecule has 4 rings (SSSR count). The third-order valence-electron chi connectivity index (χ3n) is 7.76. The van der Waals surface area contributed by atoms with Gasteiger partial charge in [-0.15, -0.1) is 0 Å². The molecule has 2 aliphatic rings. The van der Waals surface area contributed by atoms with Crippen LogP contribution in [0.4, 0.5) is 11.4 Å². The summed E-state index contributed by atoms with van der Waals surface area (Å²) in [5, 5.41) is 36.5. The minimum Gasteiger partial charge on any atom is -0.744 e. The van der Waals surface area contributed by atoms with Crippen LogP contribution in [0.5, 0.6) is 0 Å². The van der Waals surface area contributed by atoms with Gasteiger partial charge in [-0.25, -0.2) is 8.42 Å². The molecule has 2 heterocycles. The van der Waals surface area contributed by atoms with Crippen molar-refractivity contribution in [1.82, 2.24) is 0 Å². The van der Waals surface area contributed by atoms with Gasteiger partial charge in [0.05, 0.1) is 22.4 Å². The van der Waals surface area contributed by atoms with Gasteiger partial charge in [0.15, 0.2) is 12.3 Å². The maximum absolute atomic E-state index is 11.7. The van der Waals surface area contributed by atoms with Gasteiger partial charge in [0, 0.05) is 70.7 Å². The zero-order valence-corrected chi connectivity index (χ0v) is 37.8. The topological polar surface area (TPSA) is 185 Å². The van der Waals surface area contributed by atoms with Crippen LogP contribution in [0.25, 0.3) is 0 Å². The molecule has 0 spiro atoms. The number of anilines is 1. The predicted octanol–water partition coefficient (Wildman–Crippen LogP) is -8.27. The maximum atomic E-state index is 11.7. The van der Waals surface area contributed by atoms with Crippen molar-refractivity contribution in [3.63, 3.8) is 0 Å². The van der Waals surface area contributed by atoms with Crippen molar-refractivity contribution in [2.24, 2.45) is 0 Å². The first-order valence-corrected chi connectivity index (χ1v) is 15.3. The maximum Gasteiger partial charge on any atom is 1.00 e. The molecule has 17 heteroatoms. The van der Waals surface area contributed by atoms with Crippen LogP contribution in [0.1, 0.15) is 51.7 Å². The van der Waals surface area contributed by atoms with E-state index >= 15 is 0 Å². The van der Waals surface area contributed by atoms with E-state index in [1.54, 1.807) is 29.2 Å². The molecule has 12 nitrogen and oxygen atoms in total. The summed E-state index contributed by atoms with van der Waals surface area (Å²) in [5.41, 5.74) is 2.73. The Bertz CT molecular complexity index is 1670. The van der Waals surface area contributed by atoms with Gasteiger partial charge in [-0.3, -0.25) is 5.04 Å². The molecular formula is C29H29K3N2O10S2. The van der Waals surface area contributed by atoms with Crippen LogP contribution in [0, 0.1) is 0 Å². The van der Waals surface area contributed by atoms with Crippen molar-refractivity contribution in [3.8, 4) is 0 Å². The Labute approximate surface area is 400 Å². The van der Waals surface area contributed by atoms with E-state index in [1.165, 1.54) is 18.2 Å². The van der Waals surface area contributed by atoms with Gasteiger partial charge >= 0.3 is 154 Å². The van der Waals surface area contributed by atoms with Crippen LogP contribution in [-0.4, -0.2) is 48.3 Å². The fourth-order valence-corrected chi connectivity index (χ4v) is 6.58. The van der Waals surface area contributed by atoms with Gasteiger partial charge in [-0.05, 0) is 55.8 Å². The molecule has 0 bridgehead atoms. The van der Waals surface area contributed by atoms with Gasteiger partial charge < -0.3 is 34.5 Å². The van der Waals surface area contributed by atoms with E-state index < -0.39 is 32.9 Å². The average molecular weight is 747 g/mol. The summed E-state index contributed by atoms with van der Waals surface area (Å²) >= 11 is 0.742. The van der Waals surface area contributed by atoms with Crippen LogP contribution in [-0.2, 0) is 39.9 Å². The van der Waals surface area contributed by atoms with Crippen LogP contribution in [0.3, 0.4) is 0 Å². The number of allylic oxidation sites excluding steroid dienone is 4. The Morgan fingerprint density at radius 3 is 2.20 bits per heavy atom.